The first-order valence-corrected chi connectivity index (χ1v) is 6.07. The van der Waals surface area contributed by atoms with E-state index in [1.807, 2.05) is 0 Å². The average Bonchev–Trinajstić information content (AvgIpc) is 2.39. The molecule has 2 heterocycles. The van der Waals surface area contributed by atoms with Crippen molar-refractivity contribution in [2.75, 3.05) is 26.2 Å². The van der Waals surface area contributed by atoms with Gasteiger partial charge in [-0.3, -0.25) is 4.90 Å². The van der Waals surface area contributed by atoms with E-state index in [-0.39, 0.29) is 6.10 Å². The molecule has 5 heteroatoms. The van der Waals surface area contributed by atoms with Gasteiger partial charge >= 0.3 is 0 Å². The standard InChI is InChI=1S/C11H16ClN3O/c1-2-15-3-4-16-10(8-15)11-13-6-9(5-12)7-14-11/h6-7,10H,2-5,8H2,1H3. The lowest BCUT2D eigenvalue weighted by molar-refractivity contribution is -0.0326. The number of aromatic nitrogens is 2. The predicted molar refractivity (Wildman–Crippen MR) is 62.4 cm³/mol. The van der Waals surface area contributed by atoms with E-state index in [9.17, 15) is 0 Å². The van der Waals surface area contributed by atoms with Gasteiger partial charge in [0.05, 0.1) is 12.5 Å². The Morgan fingerprint density at radius 1 is 1.50 bits per heavy atom. The first-order chi connectivity index (χ1) is 7.83. The fourth-order valence-corrected chi connectivity index (χ4v) is 1.88. The molecule has 0 bridgehead atoms. The minimum atomic E-state index is -0.00178. The number of ether oxygens (including phenoxy) is 1. The number of morpholine rings is 1. The highest BCUT2D eigenvalue weighted by molar-refractivity contribution is 6.17. The van der Waals surface area contributed by atoms with E-state index in [0.29, 0.717) is 5.88 Å². The Balaban J connectivity index is 2.05. The van der Waals surface area contributed by atoms with Crippen LogP contribution in [0.1, 0.15) is 24.4 Å². The summed E-state index contributed by atoms with van der Waals surface area (Å²) >= 11 is 5.69. The van der Waals surface area contributed by atoms with Crippen molar-refractivity contribution in [1.82, 2.24) is 14.9 Å². The molecular weight excluding hydrogens is 226 g/mol. The molecule has 1 saturated heterocycles. The Bertz CT molecular complexity index is 331. The van der Waals surface area contributed by atoms with Gasteiger partial charge in [-0.2, -0.15) is 0 Å². The number of nitrogens with zero attached hydrogens (tertiary/aromatic N) is 3. The molecule has 1 atom stereocenters. The highest BCUT2D eigenvalue weighted by Crippen LogP contribution is 2.18. The third kappa shape index (κ3) is 2.70. The van der Waals surface area contributed by atoms with Crippen molar-refractivity contribution in [2.24, 2.45) is 0 Å². The summed E-state index contributed by atoms with van der Waals surface area (Å²) in [4.78, 5) is 10.9. The van der Waals surface area contributed by atoms with Crippen LogP contribution in [0.4, 0.5) is 0 Å². The summed E-state index contributed by atoms with van der Waals surface area (Å²) in [7, 11) is 0. The molecule has 0 radical (unpaired) electrons. The summed E-state index contributed by atoms with van der Waals surface area (Å²) in [5.41, 5.74) is 0.938. The van der Waals surface area contributed by atoms with Gasteiger partial charge < -0.3 is 4.74 Å². The van der Waals surface area contributed by atoms with Crippen LogP contribution >= 0.6 is 11.6 Å². The molecule has 0 saturated carbocycles. The van der Waals surface area contributed by atoms with Gasteiger partial charge in [-0.05, 0) is 6.54 Å². The van der Waals surface area contributed by atoms with Crippen LogP contribution in [-0.4, -0.2) is 41.1 Å². The third-order valence-electron chi connectivity index (χ3n) is 2.77. The molecule has 1 aliphatic rings. The lowest BCUT2D eigenvalue weighted by Gasteiger charge is -2.31. The third-order valence-corrected chi connectivity index (χ3v) is 3.07. The minimum absolute atomic E-state index is 0.00178. The van der Waals surface area contributed by atoms with Crippen LogP contribution in [0.2, 0.25) is 0 Å². The van der Waals surface area contributed by atoms with Crippen molar-refractivity contribution < 1.29 is 4.74 Å². The fourth-order valence-electron chi connectivity index (χ4n) is 1.75. The van der Waals surface area contributed by atoms with Crippen LogP contribution in [0.5, 0.6) is 0 Å². The van der Waals surface area contributed by atoms with E-state index >= 15 is 0 Å². The molecule has 0 N–H and O–H groups in total. The van der Waals surface area contributed by atoms with Crippen molar-refractivity contribution >= 4 is 11.6 Å². The van der Waals surface area contributed by atoms with Crippen LogP contribution in [0.3, 0.4) is 0 Å². The van der Waals surface area contributed by atoms with Crippen molar-refractivity contribution in [3.63, 3.8) is 0 Å². The summed E-state index contributed by atoms with van der Waals surface area (Å²) in [6.07, 6.45) is 3.53. The van der Waals surface area contributed by atoms with Gasteiger partial charge in [-0.1, -0.05) is 6.92 Å². The van der Waals surface area contributed by atoms with Crippen LogP contribution < -0.4 is 0 Å². The zero-order chi connectivity index (χ0) is 11.4. The predicted octanol–water partition coefficient (Wildman–Crippen LogP) is 1.61. The molecule has 0 aliphatic carbocycles. The number of rotatable bonds is 3. The second-order valence-electron chi connectivity index (χ2n) is 3.84. The van der Waals surface area contributed by atoms with Gasteiger partial charge in [0.1, 0.15) is 6.10 Å². The van der Waals surface area contributed by atoms with E-state index in [0.717, 1.165) is 37.6 Å². The molecule has 0 amide bonds. The summed E-state index contributed by atoms with van der Waals surface area (Å²) in [6.45, 7) is 5.81. The summed E-state index contributed by atoms with van der Waals surface area (Å²) in [5, 5.41) is 0. The molecule has 1 aromatic rings. The lowest BCUT2D eigenvalue weighted by atomic mass is 10.2. The average molecular weight is 242 g/mol. The highest BCUT2D eigenvalue weighted by atomic mass is 35.5. The number of hydrogen-bond acceptors (Lipinski definition) is 4. The maximum Gasteiger partial charge on any atom is 0.158 e. The molecule has 4 nitrogen and oxygen atoms in total. The zero-order valence-corrected chi connectivity index (χ0v) is 10.2. The van der Waals surface area contributed by atoms with Crippen molar-refractivity contribution in [2.45, 2.75) is 18.9 Å². The van der Waals surface area contributed by atoms with E-state index in [2.05, 4.69) is 21.8 Å². The monoisotopic (exact) mass is 241 g/mol. The zero-order valence-electron chi connectivity index (χ0n) is 9.40. The van der Waals surface area contributed by atoms with Gasteiger partial charge in [0, 0.05) is 31.0 Å². The largest absolute Gasteiger partial charge is 0.368 e. The molecule has 0 aromatic carbocycles. The second-order valence-corrected chi connectivity index (χ2v) is 4.10. The molecule has 0 spiro atoms. The summed E-state index contributed by atoms with van der Waals surface area (Å²) in [5.74, 6) is 1.21. The Labute approximate surface area is 101 Å². The lowest BCUT2D eigenvalue weighted by Crippen LogP contribution is -2.38. The van der Waals surface area contributed by atoms with Gasteiger partial charge in [-0.15, -0.1) is 11.6 Å². The van der Waals surface area contributed by atoms with E-state index in [1.54, 1.807) is 12.4 Å². The molecule has 1 fully saturated rings. The first kappa shape index (κ1) is 11.8. The van der Waals surface area contributed by atoms with Gasteiger partial charge in [-0.25, -0.2) is 9.97 Å². The smallest absolute Gasteiger partial charge is 0.158 e. The summed E-state index contributed by atoms with van der Waals surface area (Å²) < 4.78 is 5.67. The Hall–Kier alpha value is -0.710. The van der Waals surface area contributed by atoms with Crippen molar-refractivity contribution in [3.8, 4) is 0 Å². The van der Waals surface area contributed by atoms with Crippen LogP contribution in [0, 0.1) is 0 Å². The van der Waals surface area contributed by atoms with E-state index < -0.39 is 0 Å². The van der Waals surface area contributed by atoms with Crippen molar-refractivity contribution in [1.29, 1.82) is 0 Å². The number of halogens is 1. The number of likely N-dealkylation sites (N-methyl/N-ethyl adjacent to an activating group) is 1. The van der Waals surface area contributed by atoms with E-state index in [1.165, 1.54) is 0 Å². The van der Waals surface area contributed by atoms with Crippen LogP contribution in [0.15, 0.2) is 12.4 Å². The maximum atomic E-state index is 5.69. The van der Waals surface area contributed by atoms with Crippen LogP contribution in [0.25, 0.3) is 0 Å². The number of hydrogen-bond donors (Lipinski definition) is 0. The van der Waals surface area contributed by atoms with Crippen molar-refractivity contribution in [3.05, 3.63) is 23.8 Å². The SMILES string of the molecule is CCN1CCOC(c2ncc(CCl)cn2)C1. The molecule has 2 rings (SSSR count). The fraction of sp³-hybridized carbons (Fsp3) is 0.636. The van der Waals surface area contributed by atoms with Gasteiger partial charge in [0.15, 0.2) is 5.82 Å². The quantitative estimate of drug-likeness (QED) is 0.754. The molecule has 1 aromatic heterocycles. The number of alkyl halides is 1. The molecule has 1 unspecified atom stereocenters. The molecule has 1 aliphatic heterocycles. The molecule has 16 heavy (non-hydrogen) atoms. The first-order valence-electron chi connectivity index (χ1n) is 5.54. The van der Waals surface area contributed by atoms with Crippen LogP contribution in [-0.2, 0) is 10.6 Å². The molecule has 88 valence electrons. The Morgan fingerprint density at radius 2 is 2.25 bits per heavy atom. The maximum absolute atomic E-state index is 5.69. The Morgan fingerprint density at radius 3 is 2.88 bits per heavy atom. The Kier molecular flexibility index (Phi) is 4.09. The second kappa shape index (κ2) is 5.57. The highest BCUT2D eigenvalue weighted by Gasteiger charge is 2.22. The minimum Gasteiger partial charge on any atom is -0.368 e. The topological polar surface area (TPSA) is 38.2 Å². The van der Waals surface area contributed by atoms with Gasteiger partial charge in [0.25, 0.3) is 0 Å². The van der Waals surface area contributed by atoms with Gasteiger partial charge in [0.2, 0.25) is 0 Å². The normalized spacial score (nSPS) is 22.2. The summed E-state index contributed by atoms with van der Waals surface area (Å²) in [6, 6.07) is 0. The molecular formula is C11H16ClN3O. The van der Waals surface area contributed by atoms with E-state index in [4.69, 9.17) is 16.3 Å².